The van der Waals surface area contributed by atoms with Crippen LogP contribution in [0.3, 0.4) is 0 Å². The Morgan fingerprint density at radius 3 is 2.56 bits per heavy atom. The van der Waals surface area contributed by atoms with E-state index in [1.54, 1.807) is 6.26 Å². The van der Waals surface area contributed by atoms with Crippen molar-refractivity contribution in [3.05, 3.63) is 29.7 Å². The number of rotatable bonds is 3. The average Bonchev–Trinajstić information content (AvgIpc) is 2.82. The van der Waals surface area contributed by atoms with Gasteiger partial charge in [-0.3, -0.25) is 0 Å². The van der Waals surface area contributed by atoms with E-state index in [4.69, 9.17) is 10.2 Å². The Labute approximate surface area is 106 Å². The minimum absolute atomic E-state index is 0.0759. The van der Waals surface area contributed by atoms with Gasteiger partial charge in [-0.1, -0.05) is 5.57 Å². The van der Waals surface area contributed by atoms with Crippen LogP contribution in [0.5, 0.6) is 0 Å². The van der Waals surface area contributed by atoms with Crippen LogP contribution in [0.15, 0.2) is 28.4 Å². The lowest BCUT2D eigenvalue weighted by atomic mass is 9.68. The highest BCUT2D eigenvalue weighted by molar-refractivity contribution is 5.49. The van der Waals surface area contributed by atoms with Gasteiger partial charge in [-0.2, -0.15) is 0 Å². The molecule has 1 aromatic rings. The zero-order chi connectivity index (χ0) is 13.2. The first-order valence-electron chi connectivity index (χ1n) is 6.28. The molecule has 2 N–H and O–H groups in total. The molecule has 4 heteroatoms. The van der Waals surface area contributed by atoms with E-state index >= 15 is 0 Å². The van der Waals surface area contributed by atoms with E-state index in [1.165, 1.54) is 0 Å². The van der Waals surface area contributed by atoms with Crippen molar-refractivity contribution < 1.29 is 13.2 Å². The van der Waals surface area contributed by atoms with Crippen molar-refractivity contribution in [1.29, 1.82) is 0 Å². The van der Waals surface area contributed by atoms with Crippen molar-refractivity contribution in [3.63, 3.8) is 0 Å². The first-order chi connectivity index (χ1) is 8.47. The zero-order valence-corrected chi connectivity index (χ0v) is 10.6. The predicted octanol–water partition coefficient (Wildman–Crippen LogP) is 3.84. The molecule has 1 heterocycles. The van der Waals surface area contributed by atoms with Crippen LogP contribution in [0, 0.1) is 5.41 Å². The minimum atomic E-state index is -2.52. The molecule has 1 aromatic heterocycles. The third-order valence-corrected chi connectivity index (χ3v) is 4.07. The summed E-state index contributed by atoms with van der Waals surface area (Å²) in [5.74, 6) is -1.78. The number of hydrogen-bond donors (Lipinski definition) is 1. The lowest BCUT2D eigenvalue weighted by Crippen LogP contribution is -2.39. The van der Waals surface area contributed by atoms with Crippen LogP contribution in [0.4, 0.5) is 8.78 Å². The van der Waals surface area contributed by atoms with Gasteiger partial charge in [0.1, 0.15) is 5.76 Å². The first-order valence-corrected chi connectivity index (χ1v) is 6.28. The Bertz CT molecular complexity index is 413. The summed E-state index contributed by atoms with van der Waals surface area (Å²) in [4.78, 5) is 0. The van der Waals surface area contributed by atoms with Gasteiger partial charge in [0.2, 0.25) is 5.92 Å². The van der Waals surface area contributed by atoms with E-state index in [0.29, 0.717) is 19.4 Å². The van der Waals surface area contributed by atoms with Crippen LogP contribution >= 0.6 is 0 Å². The summed E-state index contributed by atoms with van der Waals surface area (Å²) in [6.45, 7) is 2.37. The van der Waals surface area contributed by atoms with E-state index < -0.39 is 5.92 Å². The molecular formula is C14H19F2NO. The van der Waals surface area contributed by atoms with Crippen molar-refractivity contribution in [2.24, 2.45) is 11.1 Å². The third kappa shape index (κ3) is 2.64. The molecule has 0 saturated heterocycles. The predicted molar refractivity (Wildman–Crippen MR) is 67.3 cm³/mol. The third-order valence-electron chi connectivity index (χ3n) is 4.07. The van der Waals surface area contributed by atoms with Crippen LogP contribution < -0.4 is 5.73 Å². The summed E-state index contributed by atoms with van der Waals surface area (Å²) in [6, 6.07) is 3.66. The summed E-state index contributed by atoms with van der Waals surface area (Å²) < 4.78 is 31.8. The molecule has 1 aliphatic carbocycles. The number of halogens is 2. The van der Waals surface area contributed by atoms with E-state index in [2.05, 4.69) is 0 Å². The largest absolute Gasteiger partial charge is 0.465 e. The fraction of sp³-hybridized carbons (Fsp3) is 0.571. The van der Waals surface area contributed by atoms with Crippen molar-refractivity contribution >= 4 is 6.08 Å². The number of hydrogen-bond acceptors (Lipinski definition) is 2. The van der Waals surface area contributed by atoms with Crippen LogP contribution in [0.25, 0.3) is 6.08 Å². The van der Waals surface area contributed by atoms with Crippen LogP contribution in [0.1, 0.15) is 38.4 Å². The van der Waals surface area contributed by atoms with Crippen molar-refractivity contribution in [2.75, 3.05) is 6.54 Å². The van der Waals surface area contributed by atoms with Gasteiger partial charge in [-0.05, 0) is 38.0 Å². The lowest BCUT2D eigenvalue weighted by Gasteiger charge is -2.40. The maximum Gasteiger partial charge on any atom is 0.248 e. The average molecular weight is 255 g/mol. The van der Waals surface area contributed by atoms with Gasteiger partial charge >= 0.3 is 0 Å². The fourth-order valence-corrected chi connectivity index (χ4v) is 2.59. The Hall–Kier alpha value is -1.16. The second-order valence-corrected chi connectivity index (χ2v) is 5.18. The second-order valence-electron chi connectivity index (χ2n) is 5.18. The quantitative estimate of drug-likeness (QED) is 0.891. The lowest BCUT2D eigenvalue weighted by molar-refractivity contribution is -0.0579. The smallest absolute Gasteiger partial charge is 0.248 e. The standard InChI is InChI=1S/C14H19F2NO/c1-11(9-12-3-2-8-18-12)13(10-17)4-6-14(15,16)7-5-13/h2-3,8-9H,4-7,10,17H2,1H3/b11-9+. The van der Waals surface area contributed by atoms with Gasteiger partial charge in [0.15, 0.2) is 0 Å². The highest BCUT2D eigenvalue weighted by Gasteiger charge is 2.43. The van der Waals surface area contributed by atoms with Gasteiger partial charge in [0, 0.05) is 24.8 Å². The fourth-order valence-electron chi connectivity index (χ4n) is 2.59. The second kappa shape index (κ2) is 4.84. The summed E-state index contributed by atoms with van der Waals surface area (Å²) in [7, 11) is 0. The molecule has 1 saturated carbocycles. The highest BCUT2D eigenvalue weighted by atomic mass is 19.3. The molecule has 0 unspecified atom stereocenters. The minimum Gasteiger partial charge on any atom is -0.465 e. The molecule has 1 aliphatic rings. The molecule has 100 valence electrons. The normalized spacial score (nSPS) is 23.0. The molecule has 0 amide bonds. The SMILES string of the molecule is C/C(=C\c1ccco1)C1(CN)CCC(F)(F)CC1. The summed E-state index contributed by atoms with van der Waals surface area (Å²) >= 11 is 0. The van der Waals surface area contributed by atoms with Crippen molar-refractivity contribution in [1.82, 2.24) is 0 Å². The van der Waals surface area contributed by atoms with Gasteiger partial charge in [0.05, 0.1) is 6.26 Å². The van der Waals surface area contributed by atoms with Crippen LogP contribution in [-0.4, -0.2) is 12.5 Å². The monoisotopic (exact) mass is 255 g/mol. The summed E-state index contributed by atoms with van der Waals surface area (Å²) in [5.41, 5.74) is 6.58. The van der Waals surface area contributed by atoms with Gasteiger partial charge in [-0.25, -0.2) is 8.78 Å². The molecular weight excluding hydrogens is 236 g/mol. The maximum absolute atomic E-state index is 13.2. The Morgan fingerprint density at radius 1 is 1.39 bits per heavy atom. The number of furan rings is 1. The number of nitrogens with two attached hydrogens (primary N) is 1. The molecule has 0 spiro atoms. The van der Waals surface area contributed by atoms with E-state index in [1.807, 2.05) is 25.1 Å². The van der Waals surface area contributed by atoms with E-state index in [0.717, 1.165) is 11.3 Å². The Kier molecular flexibility index (Phi) is 3.57. The molecule has 1 fully saturated rings. The molecule has 0 radical (unpaired) electrons. The van der Waals surface area contributed by atoms with E-state index in [9.17, 15) is 8.78 Å². The molecule has 0 aromatic carbocycles. The molecule has 0 bridgehead atoms. The zero-order valence-electron chi connectivity index (χ0n) is 10.6. The summed E-state index contributed by atoms with van der Waals surface area (Å²) in [6.07, 6.45) is 4.25. The molecule has 0 atom stereocenters. The van der Waals surface area contributed by atoms with E-state index in [-0.39, 0.29) is 18.3 Å². The summed E-state index contributed by atoms with van der Waals surface area (Å²) in [5, 5.41) is 0. The maximum atomic E-state index is 13.2. The van der Waals surface area contributed by atoms with Crippen molar-refractivity contribution in [3.8, 4) is 0 Å². The Balaban J connectivity index is 2.18. The van der Waals surface area contributed by atoms with Crippen LogP contribution in [0.2, 0.25) is 0 Å². The molecule has 2 rings (SSSR count). The highest BCUT2D eigenvalue weighted by Crippen LogP contribution is 2.47. The first kappa shape index (κ1) is 13.3. The van der Waals surface area contributed by atoms with Gasteiger partial charge in [0.25, 0.3) is 0 Å². The van der Waals surface area contributed by atoms with Crippen LogP contribution in [-0.2, 0) is 0 Å². The van der Waals surface area contributed by atoms with Gasteiger partial charge < -0.3 is 10.2 Å². The number of alkyl halides is 2. The molecule has 2 nitrogen and oxygen atoms in total. The van der Waals surface area contributed by atoms with Gasteiger partial charge in [-0.15, -0.1) is 0 Å². The topological polar surface area (TPSA) is 39.2 Å². The molecule has 18 heavy (non-hydrogen) atoms. The molecule has 0 aliphatic heterocycles. The Morgan fingerprint density at radius 2 is 2.06 bits per heavy atom. The van der Waals surface area contributed by atoms with Crippen molar-refractivity contribution in [2.45, 2.75) is 38.5 Å².